The molecule has 1 aromatic rings. The Hall–Kier alpha value is -1.50. The van der Waals surface area contributed by atoms with Gasteiger partial charge in [0, 0.05) is 11.1 Å². The Balaban J connectivity index is 1.29. The molecule has 2 amide bonds. The molecule has 6 nitrogen and oxygen atoms in total. The summed E-state index contributed by atoms with van der Waals surface area (Å²) < 4.78 is 17.7. The van der Waals surface area contributed by atoms with Crippen molar-refractivity contribution < 1.29 is 19.0 Å². The molecule has 3 aliphatic rings. The number of ether oxygens (including phenoxy) is 3. The summed E-state index contributed by atoms with van der Waals surface area (Å²) in [5.74, 6) is 0.696. The third kappa shape index (κ3) is 4.08. The summed E-state index contributed by atoms with van der Waals surface area (Å²) in [4.78, 5) is 12.3. The van der Waals surface area contributed by atoms with Crippen molar-refractivity contribution in [3.8, 4) is 5.75 Å². The van der Waals surface area contributed by atoms with Gasteiger partial charge in [-0.05, 0) is 31.0 Å². The molecule has 4 rings (SSSR count). The first kappa shape index (κ1) is 17.9. The molecule has 2 N–H and O–H groups in total. The van der Waals surface area contributed by atoms with Gasteiger partial charge in [0.05, 0.1) is 19.3 Å². The van der Waals surface area contributed by atoms with E-state index in [0.717, 1.165) is 12.8 Å². The number of carbonyl (C=O) groups is 1. The Morgan fingerprint density at radius 2 is 1.88 bits per heavy atom. The van der Waals surface area contributed by atoms with Gasteiger partial charge in [-0.15, -0.1) is 0 Å². The third-order valence-corrected chi connectivity index (χ3v) is 5.58. The fourth-order valence-electron chi connectivity index (χ4n) is 4.05. The molecule has 2 saturated heterocycles. The minimum atomic E-state index is -0.202. The largest absolute Gasteiger partial charge is 0.485 e. The average Bonchev–Trinajstić information content (AvgIpc) is 3.20. The number of nitrogens with one attached hydrogen (secondary N) is 2. The van der Waals surface area contributed by atoms with E-state index in [1.807, 2.05) is 12.1 Å². The molecule has 3 fully saturated rings. The van der Waals surface area contributed by atoms with Crippen LogP contribution in [0.1, 0.15) is 32.1 Å². The molecule has 1 aliphatic carbocycles. The van der Waals surface area contributed by atoms with Crippen molar-refractivity contribution in [2.45, 2.75) is 62.5 Å². The van der Waals surface area contributed by atoms with Gasteiger partial charge in [-0.25, -0.2) is 4.79 Å². The summed E-state index contributed by atoms with van der Waals surface area (Å²) in [6.07, 6.45) is 5.19. The van der Waals surface area contributed by atoms with Crippen molar-refractivity contribution in [1.29, 1.82) is 0 Å². The lowest BCUT2D eigenvalue weighted by atomic mass is 9.96. The molecule has 0 bridgehead atoms. The summed E-state index contributed by atoms with van der Waals surface area (Å²) in [5, 5.41) is 6.72. The molecule has 2 aliphatic heterocycles. The maximum atomic E-state index is 12.3. The van der Waals surface area contributed by atoms with Crippen LogP contribution in [-0.2, 0) is 9.47 Å². The van der Waals surface area contributed by atoms with Gasteiger partial charge >= 0.3 is 6.03 Å². The zero-order valence-electron chi connectivity index (χ0n) is 14.7. The van der Waals surface area contributed by atoms with Gasteiger partial charge < -0.3 is 24.8 Å². The standard InChI is InChI=1S/C19H25ClN2O4/c20-12-5-4-8-14(9-12)26-16-11-25-17-15(10-24-18(16)17)22-19(23)21-13-6-2-1-3-7-13/h4-5,8-9,13,15-18H,1-3,6-7,10-11H2,(H2,21,22,23)/t15-,16-,17+,18+/m0/s1. The fourth-order valence-corrected chi connectivity index (χ4v) is 4.23. The molecular weight excluding hydrogens is 356 g/mol. The van der Waals surface area contributed by atoms with Crippen LogP contribution in [-0.4, -0.2) is 49.6 Å². The van der Waals surface area contributed by atoms with Gasteiger partial charge in [-0.1, -0.05) is 36.9 Å². The number of amides is 2. The van der Waals surface area contributed by atoms with Crippen molar-refractivity contribution in [2.75, 3.05) is 13.2 Å². The van der Waals surface area contributed by atoms with Crippen molar-refractivity contribution >= 4 is 17.6 Å². The van der Waals surface area contributed by atoms with Crippen molar-refractivity contribution in [3.05, 3.63) is 29.3 Å². The zero-order chi connectivity index (χ0) is 17.9. The van der Waals surface area contributed by atoms with E-state index < -0.39 is 0 Å². The van der Waals surface area contributed by atoms with Crippen LogP contribution >= 0.6 is 11.6 Å². The molecule has 0 aromatic heterocycles. The number of carbonyl (C=O) groups excluding carboxylic acids is 1. The Bertz CT molecular complexity index is 638. The van der Waals surface area contributed by atoms with E-state index in [4.69, 9.17) is 25.8 Å². The number of urea groups is 1. The smallest absolute Gasteiger partial charge is 0.315 e. The number of hydrogen-bond donors (Lipinski definition) is 2. The maximum absolute atomic E-state index is 12.3. The molecule has 2 heterocycles. The minimum Gasteiger partial charge on any atom is -0.485 e. The molecule has 4 atom stereocenters. The van der Waals surface area contributed by atoms with Gasteiger partial charge in [0.25, 0.3) is 0 Å². The van der Waals surface area contributed by atoms with Gasteiger partial charge in [-0.2, -0.15) is 0 Å². The molecule has 26 heavy (non-hydrogen) atoms. The van der Waals surface area contributed by atoms with E-state index in [9.17, 15) is 4.79 Å². The lowest BCUT2D eigenvalue weighted by Crippen LogP contribution is -2.51. The van der Waals surface area contributed by atoms with E-state index in [2.05, 4.69) is 10.6 Å². The maximum Gasteiger partial charge on any atom is 0.315 e. The minimum absolute atomic E-state index is 0.131. The molecule has 7 heteroatoms. The topological polar surface area (TPSA) is 68.8 Å². The van der Waals surface area contributed by atoms with Crippen LogP contribution in [0, 0.1) is 0 Å². The summed E-state index contributed by atoms with van der Waals surface area (Å²) in [6, 6.07) is 7.29. The molecule has 1 saturated carbocycles. The van der Waals surface area contributed by atoms with Crippen LogP contribution in [0.15, 0.2) is 24.3 Å². The van der Waals surface area contributed by atoms with E-state index >= 15 is 0 Å². The first-order valence-electron chi connectivity index (χ1n) is 9.41. The van der Waals surface area contributed by atoms with Crippen LogP contribution < -0.4 is 15.4 Å². The molecule has 0 unspecified atom stereocenters. The van der Waals surface area contributed by atoms with Gasteiger partial charge in [-0.3, -0.25) is 0 Å². The number of rotatable bonds is 4. The van der Waals surface area contributed by atoms with Gasteiger partial charge in [0.1, 0.15) is 18.0 Å². The molecule has 0 spiro atoms. The van der Waals surface area contributed by atoms with Gasteiger partial charge in [0.15, 0.2) is 6.10 Å². The Morgan fingerprint density at radius 3 is 2.69 bits per heavy atom. The van der Waals surface area contributed by atoms with Crippen LogP contribution in [0.3, 0.4) is 0 Å². The highest BCUT2D eigenvalue weighted by Gasteiger charge is 2.49. The van der Waals surface area contributed by atoms with E-state index in [1.165, 1.54) is 19.3 Å². The second-order valence-electron chi connectivity index (χ2n) is 7.27. The van der Waals surface area contributed by atoms with E-state index in [-0.39, 0.29) is 36.4 Å². The lowest BCUT2D eigenvalue weighted by Gasteiger charge is -2.24. The summed E-state index contributed by atoms with van der Waals surface area (Å²) in [7, 11) is 0. The highest BCUT2D eigenvalue weighted by molar-refractivity contribution is 6.30. The molecule has 0 radical (unpaired) electrons. The highest BCUT2D eigenvalue weighted by atomic mass is 35.5. The van der Waals surface area contributed by atoms with Crippen molar-refractivity contribution in [2.24, 2.45) is 0 Å². The third-order valence-electron chi connectivity index (χ3n) is 5.35. The Kier molecular flexibility index (Phi) is 5.52. The number of benzene rings is 1. The van der Waals surface area contributed by atoms with Crippen LogP contribution in [0.25, 0.3) is 0 Å². The highest BCUT2D eigenvalue weighted by Crippen LogP contribution is 2.30. The fraction of sp³-hybridized carbons (Fsp3) is 0.632. The predicted octanol–water partition coefficient (Wildman–Crippen LogP) is 2.89. The number of halogens is 1. The quantitative estimate of drug-likeness (QED) is 0.842. The van der Waals surface area contributed by atoms with Crippen LogP contribution in [0.5, 0.6) is 5.75 Å². The Morgan fingerprint density at radius 1 is 1.08 bits per heavy atom. The summed E-state index contributed by atoms with van der Waals surface area (Å²) in [6.45, 7) is 0.868. The molecule has 1 aromatic carbocycles. The first-order valence-corrected chi connectivity index (χ1v) is 9.79. The van der Waals surface area contributed by atoms with Crippen molar-refractivity contribution in [1.82, 2.24) is 10.6 Å². The second-order valence-corrected chi connectivity index (χ2v) is 7.71. The van der Waals surface area contributed by atoms with Crippen LogP contribution in [0.2, 0.25) is 5.02 Å². The lowest BCUT2D eigenvalue weighted by molar-refractivity contribution is 0.0303. The second kappa shape index (κ2) is 8.03. The first-order chi connectivity index (χ1) is 12.7. The Labute approximate surface area is 158 Å². The van der Waals surface area contributed by atoms with Crippen molar-refractivity contribution in [3.63, 3.8) is 0 Å². The SMILES string of the molecule is O=C(NC1CCCCC1)N[C@H]1CO[C@H]2[C@@H]1OC[C@@H]2Oc1cccc(Cl)c1. The van der Waals surface area contributed by atoms with Crippen LogP contribution in [0.4, 0.5) is 4.79 Å². The molecular formula is C19H25ClN2O4. The predicted molar refractivity (Wildman–Crippen MR) is 97.7 cm³/mol. The monoisotopic (exact) mass is 380 g/mol. The van der Waals surface area contributed by atoms with E-state index in [0.29, 0.717) is 24.0 Å². The summed E-state index contributed by atoms with van der Waals surface area (Å²) >= 11 is 6.01. The number of fused-ring (bicyclic) bond motifs is 1. The van der Waals surface area contributed by atoms with E-state index in [1.54, 1.807) is 12.1 Å². The summed E-state index contributed by atoms with van der Waals surface area (Å²) in [5.41, 5.74) is 0. The number of hydrogen-bond acceptors (Lipinski definition) is 4. The average molecular weight is 381 g/mol. The zero-order valence-corrected chi connectivity index (χ0v) is 15.4. The molecule has 142 valence electrons. The normalized spacial score (nSPS) is 31.4. The van der Waals surface area contributed by atoms with Gasteiger partial charge in [0.2, 0.25) is 0 Å².